The SMILES string of the molecule is COc1cccc(C(CN)C2CCS(=O)(=O)C2)c1. The molecular formula is C13H19NO3S. The predicted molar refractivity (Wildman–Crippen MR) is 71.6 cm³/mol. The normalized spacial score (nSPS) is 23.8. The fourth-order valence-corrected chi connectivity index (χ4v) is 4.49. The molecule has 1 aliphatic rings. The number of methoxy groups -OCH3 is 1. The van der Waals surface area contributed by atoms with Crippen LogP contribution in [-0.2, 0) is 9.84 Å². The summed E-state index contributed by atoms with van der Waals surface area (Å²) in [5.74, 6) is 1.56. The number of hydrogen-bond donors (Lipinski definition) is 1. The van der Waals surface area contributed by atoms with Crippen molar-refractivity contribution in [2.75, 3.05) is 25.2 Å². The largest absolute Gasteiger partial charge is 0.497 e. The summed E-state index contributed by atoms with van der Waals surface area (Å²) in [4.78, 5) is 0. The molecule has 1 aliphatic heterocycles. The summed E-state index contributed by atoms with van der Waals surface area (Å²) in [5, 5.41) is 0. The summed E-state index contributed by atoms with van der Waals surface area (Å²) < 4.78 is 28.3. The predicted octanol–water partition coefficient (Wildman–Crippen LogP) is 1.17. The molecule has 0 saturated carbocycles. The Hall–Kier alpha value is -1.07. The van der Waals surface area contributed by atoms with Gasteiger partial charge in [0.2, 0.25) is 0 Å². The molecule has 2 unspecified atom stereocenters. The molecule has 1 aromatic rings. The maximum atomic E-state index is 11.6. The number of sulfone groups is 1. The first-order valence-electron chi connectivity index (χ1n) is 6.10. The van der Waals surface area contributed by atoms with Crippen molar-refractivity contribution in [3.63, 3.8) is 0 Å². The summed E-state index contributed by atoms with van der Waals surface area (Å²) in [6.07, 6.45) is 0.710. The molecule has 2 atom stereocenters. The molecule has 2 N–H and O–H groups in total. The van der Waals surface area contributed by atoms with E-state index in [0.717, 1.165) is 11.3 Å². The number of rotatable bonds is 4. The van der Waals surface area contributed by atoms with Crippen LogP contribution in [0.1, 0.15) is 17.9 Å². The second-order valence-corrected chi connectivity index (χ2v) is 7.01. The van der Waals surface area contributed by atoms with Gasteiger partial charge in [-0.3, -0.25) is 0 Å². The van der Waals surface area contributed by atoms with Gasteiger partial charge in [0.15, 0.2) is 9.84 Å². The topological polar surface area (TPSA) is 69.4 Å². The third-order valence-electron chi connectivity index (χ3n) is 3.61. The molecule has 100 valence electrons. The van der Waals surface area contributed by atoms with Gasteiger partial charge in [0.05, 0.1) is 18.6 Å². The van der Waals surface area contributed by atoms with E-state index in [1.165, 1.54) is 0 Å². The van der Waals surface area contributed by atoms with Crippen molar-refractivity contribution >= 4 is 9.84 Å². The molecule has 0 amide bonds. The van der Waals surface area contributed by atoms with Crippen LogP contribution in [0, 0.1) is 5.92 Å². The van der Waals surface area contributed by atoms with Crippen LogP contribution in [0.25, 0.3) is 0 Å². The van der Waals surface area contributed by atoms with E-state index in [9.17, 15) is 8.42 Å². The lowest BCUT2D eigenvalue weighted by atomic mass is 9.85. The molecule has 0 bridgehead atoms. The summed E-state index contributed by atoms with van der Waals surface area (Å²) in [7, 11) is -1.24. The van der Waals surface area contributed by atoms with Crippen LogP contribution in [0.2, 0.25) is 0 Å². The molecule has 2 rings (SSSR count). The van der Waals surface area contributed by atoms with E-state index in [-0.39, 0.29) is 23.3 Å². The number of ether oxygens (including phenoxy) is 1. The molecule has 0 spiro atoms. The van der Waals surface area contributed by atoms with Crippen LogP contribution in [0.4, 0.5) is 0 Å². The standard InChI is InChI=1S/C13H19NO3S/c1-17-12-4-2-3-10(7-12)13(8-14)11-5-6-18(15,16)9-11/h2-4,7,11,13H,5-6,8-9,14H2,1H3. The maximum absolute atomic E-state index is 11.6. The highest BCUT2D eigenvalue weighted by molar-refractivity contribution is 7.91. The molecule has 1 aromatic carbocycles. The molecule has 0 aliphatic carbocycles. The van der Waals surface area contributed by atoms with Crippen molar-refractivity contribution in [2.45, 2.75) is 12.3 Å². The monoisotopic (exact) mass is 269 g/mol. The fraction of sp³-hybridized carbons (Fsp3) is 0.538. The lowest BCUT2D eigenvalue weighted by Gasteiger charge is -2.21. The average Bonchev–Trinajstić information content (AvgIpc) is 2.71. The van der Waals surface area contributed by atoms with Crippen LogP contribution >= 0.6 is 0 Å². The molecule has 4 nitrogen and oxygen atoms in total. The van der Waals surface area contributed by atoms with Crippen LogP contribution in [-0.4, -0.2) is 33.6 Å². The molecule has 1 fully saturated rings. The lowest BCUT2D eigenvalue weighted by molar-refractivity contribution is 0.411. The first kappa shape index (κ1) is 13.4. The van der Waals surface area contributed by atoms with E-state index in [1.54, 1.807) is 7.11 Å². The molecule has 5 heteroatoms. The maximum Gasteiger partial charge on any atom is 0.150 e. The first-order valence-corrected chi connectivity index (χ1v) is 7.92. The van der Waals surface area contributed by atoms with Gasteiger partial charge in [-0.25, -0.2) is 8.42 Å². The highest BCUT2D eigenvalue weighted by Crippen LogP contribution is 2.33. The third kappa shape index (κ3) is 2.84. The van der Waals surface area contributed by atoms with Crippen molar-refractivity contribution < 1.29 is 13.2 Å². The Balaban J connectivity index is 2.23. The van der Waals surface area contributed by atoms with E-state index < -0.39 is 9.84 Å². The van der Waals surface area contributed by atoms with Gasteiger partial charge in [-0.05, 0) is 36.6 Å². The minimum Gasteiger partial charge on any atom is -0.497 e. The van der Waals surface area contributed by atoms with Crippen LogP contribution < -0.4 is 10.5 Å². The van der Waals surface area contributed by atoms with Gasteiger partial charge in [-0.1, -0.05) is 12.1 Å². The minimum atomic E-state index is -2.86. The lowest BCUT2D eigenvalue weighted by Crippen LogP contribution is -2.22. The highest BCUT2D eigenvalue weighted by Gasteiger charge is 2.33. The van der Waals surface area contributed by atoms with E-state index in [2.05, 4.69) is 0 Å². The first-order chi connectivity index (χ1) is 8.55. The zero-order valence-corrected chi connectivity index (χ0v) is 11.3. The van der Waals surface area contributed by atoms with Crippen molar-refractivity contribution in [2.24, 2.45) is 11.7 Å². The molecule has 1 heterocycles. The van der Waals surface area contributed by atoms with Crippen LogP contribution in [0.15, 0.2) is 24.3 Å². The summed E-state index contributed by atoms with van der Waals surface area (Å²) in [5.41, 5.74) is 6.90. The molecular weight excluding hydrogens is 250 g/mol. The zero-order chi connectivity index (χ0) is 13.2. The Morgan fingerprint density at radius 1 is 1.50 bits per heavy atom. The van der Waals surface area contributed by atoms with Crippen molar-refractivity contribution in [1.29, 1.82) is 0 Å². The van der Waals surface area contributed by atoms with Crippen molar-refractivity contribution in [1.82, 2.24) is 0 Å². The Bertz CT molecular complexity index is 513. The van der Waals surface area contributed by atoms with E-state index in [1.807, 2.05) is 24.3 Å². The van der Waals surface area contributed by atoms with Crippen LogP contribution in [0.3, 0.4) is 0 Å². The summed E-state index contributed by atoms with van der Waals surface area (Å²) in [6, 6.07) is 7.73. The quantitative estimate of drug-likeness (QED) is 0.891. The molecule has 0 aromatic heterocycles. The fourth-order valence-electron chi connectivity index (χ4n) is 2.61. The number of nitrogens with two attached hydrogens (primary N) is 1. The minimum absolute atomic E-state index is 0.0948. The van der Waals surface area contributed by atoms with Gasteiger partial charge in [0.1, 0.15) is 5.75 Å². The summed E-state index contributed by atoms with van der Waals surface area (Å²) in [6.45, 7) is 0.466. The Morgan fingerprint density at radius 2 is 2.28 bits per heavy atom. The second-order valence-electron chi connectivity index (χ2n) is 4.78. The van der Waals surface area contributed by atoms with Crippen LogP contribution in [0.5, 0.6) is 5.75 Å². The van der Waals surface area contributed by atoms with E-state index in [4.69, 9.17) is 10.5 Å². The highest BCUT2D eigenvalue weighted by atomic mass is 32.2. The number of benzene rings is 1. The molecule has 0 radical (unpaired) electrons. The van der Waals surface area contributed by atoms with E-state index in [0.29, 0.717) is 13.0 Å². The second kappa shape index (κ2) is 5.28. The summed E-state index contributed by atoms with van der Waals surface area (Å²) >= 11 is 0. The van der Waals surface area contributed by atoms with Crippen molar-refractivity contribution in [3.05, 3.63) is 29.8 Å². The van der Waals surface area contributed by atoms with Gasteiger partial charge < -0.3 is 10.5 Å². The van der Waals surface area contributed by atoms with Gasteiger partial charge in [-0.15, -0.1) is 0 Å². The average molecular weight is 269 g/mol. The van der Waals surface area contributed by atoms with Crippen molar-refractivity contribution in [3.8, 4) is 5.75 Å². The number of hydrogen-bond acceptors (Lipinski definition) is 4. The van der Waals surface area contributed by atoms with Gasteiger partial charge >= 0.3 is 0 Å². The van der Waals surface area contributed by atoms with Gasteiger partial charge in [0, 0.05) is 5.92 Å². The Morgan fingerprint density at radius 3 is 2.83 bits per heavy atom. The third-order valence-corrected chi connectivity index (χ3v) is 5.41. The smallest absolute Gasteiger partial charge is 0.150 e. The Labute approximate surface area is 108 Å². The molecule has 18 heavy (non-hydrogen) atoms. The Kier molecular flexibility index (Phi) is 3.92. The van der Waals surface area contributed by atoms with Gasteiger partial charge in [0.25, 0.3) is 0 Å². The zero-order valence-electron chi connectivity index (χ0n) is 10.5. The molecule has 1 saturated heterocycles. The van der Waals surface area contributed by atoms with E-state index >= 15 is 0 Å². The van der Waals surface area contributed by atoms with Gasteiger partial charge in [-0.2, -0.15) is 0 Å².